The maximum Gasteiger partial charge on any atom is 0.323 e. The van der Waals surface area contributed by atoms with Crippen molar-refractivity contribution in [3.8, 4) is 0 Å². The number of hydrogen-bond acceptors (Lipinski definition) is 4. The Morgan fingerprint density at radius 2 is 1.95 bits per heavy atom. The first-order chi connectivity index (χ1) is 9.11. The normalized spacial score (nSPS) is 11.2. The van der Waals surface area contributed by atoms with E-state index in [0.717, 1.165) is 5.69 Å². The molecule has 7 heteroatoms. The maximum atomic E-state index is 12.1. The zero-order valence-corrected chi connectivity index (χ0v) is 12.5. The third kappa shape index (κ3) is 4.25. The lowest BCUT2D eigenvalue weighted by Crippen LogP contribution is -2.52. The van der Waals surface area contributed by atoms with Crippen LogP contribution >= 0.6 is 0 Å². The first kappa shape index (κ1) is 16.0. The molecule has 1 aromatic heterocycles. The Morgan fingerprint density at radius 1 is 1.35 bits per heavy atom. The van der Waals surface area contributed by atoms with Gasteiger partial charge in [0.15, 0.2) is 0 Å². The van der Waals surface area contributed by atoms with Crippen molar-refractivity contribution < 1.29 is 19.1 Å². The fraction of sp³-hybridized carbons (Fsp3) is 0.615. The van der Waals surface area contributed by atoms with Gasteiger partial charge in [-0.3, -0.25) is 4.79 Å². The van der Waals surface area contributed by atoms with Gasteiger partial charge in [0, 0.05) is 5.54 Å². The second-order valence-electron chi connectivity index (χ2n) is 5.56. The van der Waals surface area contributed by atoms with Crippen LogP contribution in [0.25, 0.3) is 0 Å². The van der Waals surface area contributed by atoms with E-state index in [4.69, 9.17) is 9.52 Å². The van der Waals surface area contributed by atoms with Crippen LogP contribution < -0.4 is 5.32 Å². The second kappa shape index (κ2) is 5.94. The van der Waals surface area contributed by atoms with Crippen LogP contribution in [0.1, 0.15) is 38.1 Å². The van der Waals surface area contributed by atoms with E-state index >= 15 is 0 Å². The molecule has 112 valence electrons. The molecule has 0 saturated carbocycles. The molecule has 0 aliphatic rings. The Hall–Kier alpha value is -2.05. The number of nitrogens with one attached hydrogen (secondary N) is 1. The van der Waals surface area contributed by atoms with Gasteiger partial charge in [-0.15, -0.1) is 0 Å². The van der Waals surface area contributed by atoms with Gasteiger partial charge in [0.25, 0.3) is 0 Å². The molecule has 0 radical (unpaired) electrons. The zero-order valence-electron chi connectivity index (χ0n) is 12.5. The molecule has 0 aromatic carbocycles. The summed E-state index contributed by atoms with van der Waals surface area (Å²) in [4.78, 5) is 28.3. The van der Waals surface area contributed by atoms with E-state index in [1.54, 1.807) is 27.7 Å². The third-order valence-corrected chi connectivity index (χ3v) is 2.81. The predicted octanol–water partition coefficient (Wildman–Crippen LogP) is 1.69. The zero-order chi connectivity index (χ0) is 15.5. The topological polar surface area (TPSA) is 95.7 Å². The number of carbonyl (C=O) groups is 2. The number of nitrogens with zero attached hydrogens (tertiary/aromatic N) is 2. The quantitative estimate of drug-likeness (QED) is 0.876. The number of rotatable bonds is 4. The summed E-state index contributed by atoms with van der Waals surface area (Å²) in [5, 5.41) is 11.5. The summed E-state index contributed by atoms with van der Waals surface area (Å²) in [7, 11) is 0. The number of aromatic nitrogens is 1. The molecule has 0 aliphatic heterocycles. The molecular weight excluding hydrogens is 262 g/mol. The van der Waals surface area contributed by atoms with Crippen LogP contribution in [0.15, 0.2) is 4.42 Å². The number of aliphatic carboxylic acids is 1. The molecule has 1 rings (SSSR count). The first-order valence-corrected chi connectivity index (χ1v) is 6.31. The molecule has 2 amide bonds. The van der Waals surface area contributed by atoms with Gasteiger partial charge in [-0.1, -0.05) is 0 Å². The standard InChI is InChI=1S/C13H21N3O4/c1-8-9(2)20-10(15-8)6-14-12(19)16(7-11(17)18)13(3,4)5/h6-7H2,1-5H3,(H,14,19)(H,17,18). The van der Waals surface area contributed by atoms with Gasteiger partial charge >= 0.3 is 12.0 Å². The minimum absolute atomic E-state index is 0.125. The van der Waals surface area contributed by atoms with Crippen molar-refractivity contribution in [2.45, 2.75) is 46.7 Å². The van der Waals surface area contributed by atoms with Crippen molar-refractivity contribution in [1.82, 2.24) is 15.2 Å². The van der Waals surface area contributed by atoms with Gasteiger partial charge in [0.2, 0.25) is 5.89 Å². The Balaban J connectivity index is 2.69. The molecule has 0 atom stereocenters. The predicted molar refractivity (Wildman–Crippen MR) is 72.3 cm³/mol. The van der Waals surface area contributed by atoms with Crippen molar-refractivity contribution >= 4 is 12.0 Å². The minimum Gasteiger partial charge on any atom is -0.480 e. The first-order valence-electron chi connectivity index (χ1n) is 6.31. The molecule has 0 saturated heterocycles. The van der Waals surface area contributed by atoms with E-state index in [2.05, 4.69) is 10.3 Å². The summed E-state index contributed by atoms with van der Waals surface area (Å²) in [6, 6.07) is -0.464. The number of urea groups is 1. The molecule has 0 fully saturated rings. The highest BCUT2D eigenvalue weighted by atomic mass is 16.4. The monoisotopic (exact) mass is 283 g/mol. The minimum atomic E-state index is -1.06. The number of carboxylic acid groups (broad SMARTS) is 1. The Labute approximate surface area is 118 Å². The number of carboxylic acids is 1. The van der Waals surface area contributed by atoms with Crippen LogP contribution in [0.5, 0.6) is 0 Å². The highest BCUT2D eigenvalue weighted by Crippen LogP contribution is 2.13. The van der Waals surface area contributed by atoms with Crippen LogP contribution in [-0.4, -0.2) is 39.1 Å². The van der Waals surface area contributed by atoms with Crippen molar-refractivity contribution in [3.05, 3.63) is 17.3 Å². The highest BCUT2D eigenvalue weighted by Gasteiger charge is 2.28. The molecule has 2 N–H and O–H groups in total. The average Bonchev–Trinajstić information content (AvgIpc) is 2.61. The van der Waals surface area contributed by atoms with Crippen molar-refractivity contribution in [3.63, 3.8) is 0 Å². The van der Waals surface area contributed by atoms with Crippen LogP contribution in [-0.2, 0) is 11.3 Å². The van der Waals surface area contributed by atoms with Gasteiger partial charge in [-0.2, -0.15) is 0 Å². The summed E-state index contributed by atoms with van der Waals surface area (Å²) in [5.74, 6) is 0.0443. The smallest absolute Gasteiger partial charge is 0.323 e. The van der Waals surface area contributed by atoms with Gasteiger partial charge < -0.3 is 19.7 Å². The number of oxazole rings is 1. The van der Waals surface area contributed by atoms with Crippen LogP contribution in [0.4, 0.5) is 4.79 Å². The van der Waals surface area contributed by atoms with Crippen LogP contribution in [0, 0.1) is 13.8 Å². The molecule has 0 aliphatic carbocycles. The maximum absolute atomic E-state index is 12.1. The largest absolute Gasteiger partial charge is 0.480 e. The number of hydrogen-bond donors (Lipinski definition) is 2. The molecule has 1 heterocycles. The number of carbonyl (C=O) groups excluding carboxylic acids is 1. The van der Waals surface area contributed by atoms with Gasteiger partial charge in [0.05, 0.1) is 12.2 Å². The molecule has 0 spiro atoms. The lowest BCUT2D eigenvalue weighted by molar-refractivity contribution is -0.138. The Kier molecular flexibility index (Phi) is 4.75. The average molecular weight is 283 g/mol. The molecule has 0 unspecified atom stereocenters. The van der Waals surface area contributed by atoms with Gasteiger partial charge in [0.1, 0.15) is 12.3 Å². The van der Waals surface area contributed by atoms with E-state index in [9.17, 15) is 9.59 Å². The number of amides is 2. The fourth-order valence-electron chi connectivity index (χ4n) is 1.61. The Morgan fingerprint density at radius 3 is 2.35 bits per heavy atom. The highest BCUT2D eigenvalue weighted by molar-refractivity contribution is 5.80. The van der Waals surface area contributed by atoms with Gasteiger partial charge in [-0.05, 0) is 34.6 Å². The van der Waals surface area contributed by atoms with E-state index < -0.39 is 17.5 Å². The fourth-order valence-corrected chi connectivity index (χ4v) is 1.61. The third-order valence-electron chi connectivity index (χ3n) is 2.81. The summed E-state index contributed by atoms with van der Waals surface area (Å²) >= 11 is 0. The summed E-state index contributed by atoms with van der Waals surface area (Å²) in [6.45, 7) is 8.69. The lowest BCUT2D eigenvalue weighted by Gasteiger charge is -2.34. The number of aryl methyl sites for hydroxylation is 2. The lowest BCUT2D eigenvalue weighted by atomic mass is 10.1. The molecule has 1 aromatic rings. The summed E-state index contributed by atoms with van der Waals surface area (Å²) in [5.41, 5.74) is 0.178. The Bertz CT molecular complexity index is 483. The second-order valence-corrected chi connectivity index (χ2v) is 5.56. The van der Waals surface area contributed by atoms with Crippen LogP contribution in [0.2, 0.25) is 0 Å². The van der Waals surface area contributed by atoms with E-state index in [0.29, 0.717) is 11.7 Å². The molecule has 0 bridgehead atoms. The van der Waals surface area contributed by atoms with Gasteiger partial charge in [-0.25, -0.2) is 9.78 Å². The molecule has 20 heavy (non-hydrogen) atoms. The van der Waals surface area contributed by atoms with E-state index in [-0.39, 0.29) is 13.1 Å². The summed E-state index contributed by atoms with van der Waals surface area (Å²) < 4.78 is 5.35. The van der Waals surface area contributed by atoms with Crippen LogP contribution in [0.3, 0.4) is 0 Å². The van der Waals surface area contributed by atoms with Crippen molar-refractivity contribution in [1.29, 1.82) is 0 Å². The summed E-state index contributed by atoms with van der Waals surface area (Å²) in [6.07, 6.45) is 0. The SMILES string of the molecule is Cc1nc(CNC(=O)N(CC(=O)O)C(C)(C)C)oc1C. The van der Waals surface area contributed by atoms with Crippen molar-refractivity contribution in [2.75, 3.05) is 6.54 Å². The van der Waals surface area contributed by atoms with E-state index in [1.165, 1.54) is 4.90 Å². The molecule has 7 nitrogen and oxygen atoms in total. The molecular formula is C13H21N3O4. The van der Waals surface area contributed by atoms with E-state index in [1.807, 2.05) is 6.92 Å². The van der Waals surface area contributed by atoms with Crippen molar-refractivity contribution in [2.24, 2.45) is 0 Å².